The third kappa shape index (κ3) is 4.75. The molecule has 2 aliphatic heterocycles. The van der Waals surface area contributed by atoms with Gasteiger partial charge in [0.1, 0.15) is 0 Å². The largest absolute Gasteiger partial charge is 0.416 e. The zero-order valence-corrected chi connectivity index (χ0v) is 20.5. The normalized spacial score (nSPS) is 22.4. The van der Waals surface area contributed by atoms with Crippen molar-refractivity contribution in [1.29, 1.82) is 0 Å². The number of nitrogens with one attached hydrogen (secondary N) is 1. The summed E-state index contributed by atoms with van der Waals surface area (Å²) >= 11 is 0. The van der Waals surface area contributed by atoms with Gasteiger partial charge in [-0.1, -0.05) is 30.3 Å². The van der Waals surface area contributed by atoms with E-state index in [9.17, 15) is 22.8 Å². The maximum Gasteiger partial charge on any atom is 0.416 e. The SMILES string of the molecule is CC(=O)N[C@H]1CC2(CCN(C3CCN(C(=O)c4cccc(C(F)(F)F)c4)CC3)CC2)c2ccccc21. The van der Waals surface area contributed by atoms with Crippen LogP contribution in [-0.2, 0) is 16.4 Å². The lowest BCUT2D eigenvalue weighted by molar-refractivity contribution is -0.137. The molecule has 0 aromatic heterocycles. The number of nitrogens with zero attached hydrogens (tertiary/aromatic N) is 2. The fourth-order valence-electron chi connectivity index (χ4n) is 6.50. The third-order valence-corrected chi connectivity index (χ3v) is 8.34. The average molecular weight is 500 g/mol. The van der Waals surface area contributed by atoms with Crippen LogP contribution in [-0.4, -0.2) is 53.8 Å². The average Bonchev–Trinajstić information content (AvgIpc) is 3.16. The third-order valence-electron chi connectivity index (χ3n) is 8.34. The maximum atomic E-state index is 13.1. The highest BCUT2D eigenvalue weighted by Crippen LogP contribution is 2.51. The molecule has 0 radical (unpaired) electrons. The van der Waals surface area contributed by atoms with Gasteiger partial charge in [-0.3, -0.25) is 9.59 Å². The number of amides is 2. The van der Waals surface area contributed by atoms with E-state index < -0.39 is 11.7 Å². The van der Waals surface area contributed by atoms with Crippen molar-refractivity contribution >= 4 is 11.8 Å². The Hall–Kier alpha value is -2.87. The van der Waals surface area contributed by atoms with Crippen LogP contribution in [0, 0.1) is 0 Å². The van der Waals surface area contributed by atoms with E-state index in [4.69, 9.17) is 0 Å². The van der Waals surface area contributed by atoms with Crippen LogP contribution in [0.2, 0.25) is 0 Å². The van der Waals surface area contributed by atoms with Gasteiger partial charge in [0.25, 0.3) is 5.91 Å². The number of rotatable bonds is 3. The van der Waals surface area contributed by atoms with E-state index in [1.165, 1.54) is 23.3 Å². The summed E-state index contributed by atoms with van der Waals surface area (Å²) in [5, 5.41) is 3.13. The van der Waals surface area contributed by atoms with Crippen molar-refractivity contribution in [2.24, 2.45) is 0 Å². The fourth-order valence-corrected chi connectivity index (χ4v) is 6.50. The maximum absolute atomic E-state index is 13.1. The number of fused-ring (bicyclic) bond motifs is 2. The zero-order valence-electron chi connectivity index (χ0n) is 20.5. The van der Waals surface area contributed by atoms with Gasteiger partial charge in [0.2, 0.25) is 5.91 Å². The molecule has 2 aromatic carbocycles. The molecule has 192 valence electrons. The second kappa shape index (κ2) is 9.54. The van der Waals surface area contributed by atoms with Crippen molar-refractivity contribution in [2.45, 2.75) is 62.7 Å². The first kappa shape index (κ1) is 24.8. The van der Waals surface area contributed by atoms with Crippen molar-refractivity contribution in [3.63, 3.8) is 0 Å². The Morgan fingerprint density at radius 2 is 1.67 bits per heavy atom. The minimum atomic E-state index is -4.46. The van der Waals surface area contributed by atoms with E-state index in [-0.39, 0.29) is 28.8 Å². The lowest BCUT2D eigenvalue weighted by Gasteiger charge is -2.45. The number of hydrogen-bond acceptors (Lipinski definition) is 3. The molecule has 2 amide bonds. The van der Waals surface area contributed by atoms with E-state index >= 15 is 0 Å². The molecule has 1 spiro atoms. The number of benzene rings is 2. The molecule has 0 unspecified atom stereocenters. The molecule has 2 aromatic rings. The van der Waals surface area contributed by atoms with Crippen LogP contribution < -0.4 is 5.32 Å². The second-order valence-electron chi connectivity index (χ2n) is 10.5. The highest BCUT2D eigenvalue weighted by Gasteiger charge is 2.46. The van der Waals surface area contributed by atoms with Crippen molar-refractivity contribution in [1.82, 2.24) is 15.1 Å². The first-order valence-electron chi connectivity index (χ1n) is 12.7. The zero-order chi connectivity index (χ0) is 25.5. The van der Waals surface area contributed by atoms with Crippen LogP contribution in [0.1, 0.15) is 72.1 Å². The van der Waals surface area contributed by atoms with Gasteiger partial charge in [0, 0.05) is 37.0 Å². The molecule has 5 rings (SSSR count). The van der Waals surface area contributed by atoms with E-state index in [1.807, 2.05) is 6.07 Å². The van der Waals surface area contributed by atoms with Crippen LogP contribution in [0.15, 0.2) is 48.5 Å². The van der Waals surface area contributed by atoms with Gasteiger partial charge < -0.3 is 15.1 Å². The smallest absolute Gasteiger partial charge is 0.349 e. The topological polar surface area (TPSA) is 52.7 Å². The summed E-state index contributed by atoms with van der Waals surface area (Å²) in [6.07, 6.45) is 0.180. The van der Waals surface area contributed by atoms with Gasteiger partial charge in [-0.2, -0.15) is 13.2 Å². The first-order chi connectivity index (χ1) is 17.2. The van der Waals surface area contributed by atoms with E-state index in [1.54, 1.807) is 11.8 Å². The van der Waals surface area contributed by atoms with E-state index in [0.29, 0.717) is 19.1 Å². The Labute approximate surface area is 209 Å². The summed E-state index contributed by atoms with van der Waals surface area (Å²) < 4.78 is 39.2. The summed E-state index contributed by atoms with van der Waals surface area (Å²) in [4.78, 5) is 28.8. The minimum Gasteiger partial charge on any atom is -0.349 e. The van der Waals surface area contributed by atoms with Crippen molar-refractivity contribution < 1.29 is 22.8 Å². The van der Waals surface area contributed by atoms with E-state index in [0.717, 1.165) is 57.3 Å². The van der Waals surface area contributed by atoms with Crippen molar-refractivity contribution in [3.05, 3.63) is 70.8 Å². The van der Waals surface area contributed by atoms with Gasteiger partial charge >= 0.3 is 6.18 Å². The summed E-state index contributed by atoms with van der Waals surface area (Å²) in [6, 6.07) is 13.6. The van der Waals surface area contributed by atoms with Gasteiger partial charge in [-0.15, -0.1) is 0 Å². The molecule has 0 bridgehead atoms. The monoisotopic (exact) mass is 499 g/mol. The molecular formula is C28H32F3N3O2. The minimum absolute atomic E-state index is 0.00395. The predicted molar refractivity (Wildman–Crippen MR) is 130 cm³/mol. The first-order valence-corrected chi connectivity index (χ1v) is 12.7. The number of alkyl halides is 3. The fraction of sp³-hybridized carbons (Fsp3) is 0.500. The van der Waals surface area contributed by atoms with Crippen LogP contribution in [0.5, 0.6) is 0 Å². The molecule has 2 fully saturated rings. The Bertz CT molecular complexity index is 1130. The molecule has 8 heteroatoms. The quantitative estimate of drug-likeness (QED) is 0.652. The lowest BCUT2D eigenvalue weighted by Crippen LogP contribution is -2.51. The van der Waals surface area contributed by atoms with Crippen LogP contribution in [0.4, 0.5) is 13.2 Å². The van der Waals surface area contributed by atoms with Crippen molar-refractivity contribution in [3.8, 4) is 0 Å². The molecule has 5 nitrogen and oxygen atoms in total. The molecule has 1 N–H and O–H groups in total. The number of carbonyl (C=O) groups excluding carboxylic acids is 2. The molecule has 0 saturated carbocycles. The number of hydrogen-bond donors (Lipinski definition) is 1. The summed E-state index contributed by atoms with van der Waals surface area (Å²) in [5.41, 5.74) is 1.99. The number of piperidine rings is 2. The molecule has 2 saturated heterocycles. The second-order valence-corrected chi connectivity index (χ2v) is 10.5. The molecule has 1 aliphatic carbocycles. The van der Waals surface area contributed by atoms with Gasteiger partial charge in [0.05, 0.1) is 11.6 Å². The lowest BCUT2D eigenvalue weighted by atomic mass is 9.73. The Morgan fingerprint density at radius 3 is 2.33 bits per heavy atom. The summed E-state index contributed by atoms with van der Waals surface area (Å²) in [6.45, 7) is 4.60. The van der Waals surface area contributed by atoms with Gasteiger partial charge in [-0.05, 0) is 74.5 Å². The molecule has 2 heterocycles. The van der Waals surface area contributed by atoms with Crippen LogP contribution >= 0.6 is 0 Å². The van der Waals surface area contributed by atoms with Crippen molar-refractivity contribution in [2.75, 3.05) is 26.2 Å². The predicted octanol–water partition coefficient (Wildman–Crippen LogP) is 4.92. The molecule has 36 heavy (non-hydrogen) atoms. The van der Waals surface area contributed by atoms with E-state index in [2.05, 4.69) is 28.4 Å². The Balaban J connectivity index is 1.19. The summed E-state index contributed by atoms with van der Waals surface area (Å²) in [7, 11) is 0. The summed E-state index contributed by atoms with van der Waals surface area (Å²) in [5.74, 6) is -0.334. The van der Waals surface area contributed by atoms with Gasteiger partial charge in [-0.25, -0.2) is 0 Å². The highest BCUT2D eigenvalue weighted by molar-refractivity contribution is 5.94. The molecular weight excluding hydrogens is 467 g/mol. The van der Waals surface area contributed by atoms with Crippen LogP contribution in [0.25, 0.3) is 0 Å². The standard InChI is InChI=1S/C28H32F3N3O2/c1-19(35)32-25-18-27(24-8-3-2-7-23(24)25)11-15-33(16-12-27)22-9-13-34(14-10-22)26(36)20-5-4-6-21(17-20)28(29,30)31/h2-8,17,22,25H,9-16,18H2,1H3,(H,32,35)/t25-/m0/s1. The molecule has 3 aliphatic rings. The van der Waals surface area contributed by atoms with Gasteiger partial charge in [0.15, 0.2) is 0 Å². The number of likely N-dealkylation sites (tertiary alicyclic amines) is 2. The number of carbonyl (C=O) groups is 2. The Morgan fingerprint density at radius 1 is 0.972 bits per heavy atom. The molecule has 1 atom stereocenters. The number of halogens is 3. The highest BCUT2D eigenvalue weighted by atomic mass is 19.4. The van der Waals surface area contributed by atoms with Crippen LogP contribution in [0.3, 0.4) is 0 Å². The Kier molecular flexibility index (Phi) is 6.57.